The number of rotatable bonds is 7. The van der Waals surface area contributed by atoms with E-state index in [4.69, 9.17) is 0 Å². The van der Waals surface area contributed by atoms with Crippen molar-refractivity contribution in [3.63, 3.8) is 0 Å². The minimum absolute atomic E-state index is 0.0767. The van der Waals surface area contributed by atoms with Crippen LogP contribution in [0.5, 0.6) is 5.75 Å². The number of anilines is 1. The number of hydrogen-bond donors (Lipinski definition) is 4. The summed E-state index contributed by atoms with van der Waals surface area (Å²) in [7, 11) is -3.51. The maximum atomic E-state index is 11.8. The molecule has 0 aromatic heterocycles. The van der Waals surface area contributed by atoms with E-state index in [-0.39, 0.29) is 22.7 Å². The average Bonchev–Trinajstić information content (AvgIpc) is 2.98. The van der Waals surface area contributed by atoms with Crippen molar-refractivity contribution in [1.82, 2.24) is 5.32 Å². The van der Waals surface area contributed by atoms with Gasteiger partial charge in [-0.2, -0.15) is 0 Å². The van der Waals surface area contributed by atoms with Gasteiger partial charge in [-0.3, -0.25) is 4.72 Å². The summed E-state index contributed by atoms with van der Waals surface area (Å²) in [5.74, 6) is -0.270. The van der Waals surface area contributed by atoms with Gasteiger partial charge in [0.2, 0.25) is 10.0 Å². The van der Waals surface area contributed by atoms with E-state index in [1.807, 2.05) is 12.1 Å². The Balaban J connectivity index is 1.67. The van der Waals surface area contributed by atoms with E-state index in [1.54, 1.807) is 6.07 Å². The Labute approximate surface area is 160 Å². The normalized spacial score (nSPS) is 16.7. The molecule has 0 aliphatic heterocycles. The lowest BCUT2D eigenvalue weighted by molar-refractivity contribution is 0.159. The maximum Gasteiger partial charge on any atom is 0.232 e. The molecule has 3 rings (SSSR count). The number of aliphatic hydroxyl groups excluding tert-OH is 1. The lowest BCUT2D eigenvalue weighted by Crippen LogP contribution is -2.45. The van der Waals surface area contributed by atoms with Gasteiger partial charge < -0.3 is 15.5 Å². The number of β-amino-alcohol motifs (C(OH)–C–C–N with tert-alkyl or cyclic N) is 1. The molecule has 0 saturated carbocycles. The van der Waals surface area contributed by atoms with Crippen molar-refractivity contribution < 1.29 is 18.6 Å². The highest BCUT2D eigenvalue weighted by Crippen LogP contribution is 2.31. The molecule has 0 fully saturated rings. The minimum atomic E-state index is -3.51. The van der Waals surface area contributed by atoms with E-state index in [9.17, 15) is 18.6 Å². The van der Waals surface area contributed by atoms with Crippen LogP contribution in [0.25, 0.3) is 0 Å². The van der Waals surface area contributed by atoms with Crippen LogP contribution in [0, 0.1) is 0 Å². The molecular weight excluding hydrogens is 364 g/mol. The summed E-state index contributed by atoms with van der Waals surface area (Å²) in [6.07, 6.45) is 0.969. The molecule has 0 saturated heterocycles. The monoisotopic (exact) mass is 390 g/mol. The Morgan fingerprint density at radius 2 is 1.78 bits per heavy atom. The van der Waals surface area contributed by atoms with Gasteiger partial charge in [0.15, 0.2) is 0 Å². The molecule has 0 spiro atoms. The molecule has 0 bridgehead atoms. The molecule has 2 aromatic carbocycles. The fourth-order valence-corrected chi connectivity index (χ4v) is 4.12. The first-order valence-electron chi connectivity index (χ1n) is 9.05. The second-order valence-corrected chi connectivity index (χ2v) is 9.37. The average molecular weight is 391 g/mol. The third-order valence-corrected chi connectivity index (χ3v) is 6.34. The largest absolute Gasteiger partial charge is 0.506 e. The SMILES string of the molecule is CCS(=O)(=O)Nc1cc([C@@H](O)CNC2(C)Cc3ccccc3C2)ccc1O. The summed E-state index contributed by atoms with van der Waals surface area (Å²) in [5, 5.41) is 23.9. The number of phenols is 1. The smallest absolute Gasteiger partial charge is 0.232 e. The van der Waals surface area contributed by atoms with E-state index in [0.717, 1.165) is 12.8 Å². The highest BCUT2D eigenvalue weighted by atomic mass is 32.2. The zero-order valence-electron chi connectivity index (χ0n) is 15.6. The fraction of sp³-hybridized carbons (Fsp3) is 0.400. The van der Waals surface area contributed by atoms with E-state index in [1.165, 1.54) is 30.2 Å². The van der Waals surface area contributed by atoms with Crippen molar-refractivity contribution in [2.75, 3.05) is 17.0 Å². The molecule has 0 radical (unpaired) electrons. The van der Waals surface area contributed by atoms with E-state index in [2.05, 4.69) is 29.1 Å². The second-order valence-electron chi connectivity index (χ2n) is 7.36. The Bertz CT molecular complexity index is 902. The van der Waals surface area contributed by atoms with Gasteiger partial charge in [0, 0.05) is 12.1 Å². The molecule has 0 amide bonds. The second kappa shape index (κ2) is 7.50. The zero-order chi connectivity index (χ0) is 19.7. The summed E-state index contributed by atoms with van der Waals surface area (Å²) < 4.78 is 25.8. The molecule has 6 nitrogen and oxygen atoms in total. The van der Waals surface area contributed by atoms with E-state index < -0.39 is 16.1 Å². The quantitative estimate of drug-likeness (QED) is 0.544. The first kappa shape index (κ1) is 19.7. The van der Waals surface area contributed by atoms with Crippen molar-refractivity contribution in [3.05, 3.63) is 59.2 Å². The topological polar surface area (TPSA) is 98.7 Å². The number of nitrogens with one attached hydrogen (secondary N) is 2. The number of hydrogen-bond acceptors (Lipinski definition) is 5. The number of aliphatic hydroxyl groups is 1. The van der Waals surface area contributed by atoms with Crippen LogP contribution in [-0.2, 0) is 22.9 Å². The third kappa shape index (κ3) is 4.61. The molecule has 0 heterocycles. The molecule has 4 N–H and O–H groups in total. The maximum absolute atomic E-state index is 11.8. The van der Waals surface area contributed by atoms with Crippen LogP contribution in [0.2, 0.25) is 0 Å². The lowest BCUT2D eigenvalue weighted by atomic mass is 9.97. The molecule has 1 aliphatic rings. The molecule has 0 unspecified atom stereocenters. The summed E-state index contributed by atoms with van der Waals surface area (Å²) in [6.45, 7) is 3.98. The molecular formula is C20H26N2O4S. The fourth-order valence-electron chi connectivity index (χ4n) is 3.47. The van der Waals surface area contributed by atoms with Gasteiger partial charge in [-0.25, -0.2) is 8.42 Å². The van der Waals surface area contributed by atoms with Gasteiger partial charge in [-0.05, 0) is 55.5 Å². The Kier molecular flexibility index (Phi) is 5.46. The Morgan fingerprint density at radius 3 is 2.37 bits per heavy atom. The Morgan fingerprint density at radius 1 is 1.15 bits per heavy atom. The first-order chi connectivity index (χ1) is 12.7. The van der Waals surface area contributed by atoms with Crippen molar-refractivity contribution >= 4 is 15.7 Å². The molecule has 27 heavy (non-hydrogen) atoms. The first-order valence-corrected chi connectivity index (χ1v) is 10.7. The predicted octanol–water partition coefficient (Wildman–Crippen LogP) is 2.33. The van der Waals surface area contributed by atoms with Gasteiger partial charge >= 0.3 is 0 Å². The van der Waals surface area contributed by atoms with E-state index in [0.29, 0.717) is 12.1 Å². The van der Waals surface area contributed by atoms with Gasteiger partial charge in [0.1, 0.15) is 5.75 Å². The summed E-state index contributed by atoms with van der Waals surface area (Å²) in [4.78, 5) is 0. The summed E-state index contributed by atoms with van der Waals surface area (Å²) in [5.41, 5.74) is 3.13. The number of benzene rings is 2. The number of phenolic OH excluding ortho intramolecular Hbond substituents is 1. The standard InChI is InChI=1S/C20H26N2O4S/c1-3-27(25,26)22-17-10-14(8-9-18(17)23)19(24)13-21-20(2)11-15-6-4-5-7-16(15)12-20/h4-10,19,21-24H,3,11-13H2,1-2H3/t19-/m0/s1. The van der Waals surface area contributed by atoms with Gasteiger partial charge in [-0.1, -0.05) is 30.3 Å². The zero-order valence-corrected chi connectivity index (χ0v) is 16.4. The van der Waals surface area contributed by atoms with Crippen LogP contribution < -0.4 is 10.0 Å². The summed E-state index contributed by atoms with van der Waals surface area (Å²) >= 11 is 0. The molecule has 7 heteroatoms. The number of fused-ring (bicyclic) bond motifs is 1. The van der Waals surface area contributed by atoms with Crippen LogP contribution in [0.1, 0.15) is 36.6 Å². The lowest BCUT2D eigenvalue weighted by Gasteiger charge is -2.27. The third-order valence-electron chi connectivity index (χ3n) is 5.05. The van der Waals surface area contributed by atoms with E-state index >= 15 is 0 Å². The van der Waals surface area contributed by atoms with Gasteiger partial charge in [0.05, 0.1) is 17.5 Å². The Hall–Kier alpha value is -2.09. The number of sulfonamides is 1. The van der Waals surface area contributed by atoms with Crippen molar-refractivity contribution in [1.29, 1.82) is 0 Å². The van der Waals surface area contributed by atoms with Crippen LogP contribution in [-0.4, -0.2) is 36.5 Å². The highest BCUT2D eigenvalue weighted by molar-refractivity contribution is 7.92. The van der Waals surface area contributed by atoms with Crippen LogP contribution >= 0.6 is 0 Å². The van der Waals surface area contributed by atoms with Crippen molar-refractivity contribution in [2.24, 2.45) is 0 Å². The van der Waals surface area contributed by atoms with Crippen molar-refractivity contribution in [2.45, 2.75) is 38.3 Å². The van der Waals surface area contributed by atoms with Gasteiger partial charge in [0.25, 0.3) is 0 Å². The van der Waals surface area contributed by atoms with Crippen LogP contribution in [0.4, 0.5) is 5.69 Å². The minimum Gasteiger partial charge on any atom is -0.506 e. The predicted molar refractivity (Wildman–Crippen MR) is 106 cm³/mol. The summed E-state index contributed by atoms with van der Waals surface area (Å²) in [6, 6.07) is 12.8. The molecule has 1 aliphatic carbocycles. The highest BCUT2D eigenvalue weighted by Gasteiger charge is 2.32. The van der Waals surface area contributed by atoms with Gasteiger partial charge in [-0.15, -0.1) is 0 Å². The van der Waals surface area contributed by atoms with Crippen LogP contribution in [0.3, 0.4) is 0 Å². The number of aromatic hydroxyl groups is 1. The molecule has 1 atom stereocenters. The molecule has 146 valence electrons. The van der Waals surface area contributed by atoms with Crippen LogP contribution in [0.15, 0.2) is 42.5 Å². The molecule has 2 aromatic rings. The van der Waals surface area contributed by atoms with Crippen molar-refractivity contribution in [3.8, 4) is 5.75 Å².